The Balaban J connectivity index is 1.84. The summed E-state index contributed by atoms with van der Waals surface area (Å²) in [7, 11) is 2.06. The summed E-state index contributed by atoms with van der Waals surface area (Å²) >= 11 is 0. The highest BCUT2D eigenvalue weighted by Gasteiger charge is 2.17. The van der Waals surface area contributed by atoms with Gasteiger partial charge in [-0.05, 0) is 29.8 Å². The van der Waals surface area contributed by atoms with Gasteiger partial charge in [-0.1, -0.05) is 42.5 Å². The van der Waals surface area contributed by atoms with Crippen LogP contribution in [0.1, 0.15) is 18.0 Å². The second-order valence-corrected chi connectivity index (χ2v) is 5.68. The summed E-state index contributed by atoms with van der Waals surface area (Å²) < 4.78 is 5.55. The fourth-order valence-electron chi connectivity index (χ4n) is 3.14. The second-order valence-electron chi connectivity index (χ2n) is 5.68. The molecule has 0 aromatic heterocycles. The van der Waals surface area contributed by atoms with Gasteiger partial charge in [-0.2, -0.15) is 0 Å². The molecule has 0 radical (unpaired) electrons. The second kappa shape index (κ2) is 7.03. The first-order valence-electron chi connectivity index (χ1n) is 7.83. The lowest BCUT2D eigenvalue weighted by Gasteiger charge is -2.26. The molecule has 1 N–H and O–H groups in total. The number of hydrogen-bond donors (Lipinski definition) is 1. The lowest BCUT2D eigenvalue weighted by molar-refractivity contribution is 0.139. The van der Waals surface area contributed by atoms with E-state index in [1.807, 2.05) is 0 Å². The SMILES string of the molecule is CNC(CN1CCCOCC1)c1cccc2ccccc12. The molecule has 21 heavy (non-hydrogen) atoms. The molecular formula is C18H24N2O. The Morgan fingerprint density at radius 2 is 1.95 bits per heavy atom. The molecule has 0 amide bonds. The van der Waals surface area contributed by atoms with Crippen molar-refractivity contribution < 1.29 is 4.74 Å². The molecule has 3 heteroatoms. The first-order valence-corrected chi connectivity index (χ1v) is 7.83. The third-order valence-electron chi connectivity index (χ3n) is 4.30. The lowest BCUT2D eigenvalue weighted by atomic mass is 9.98. The summed E-state index contributed by atoms with van der Waals surface area (Å²) in [6.45, 7) is 4.95. The van der Waals surface area contributed by atoms with Crippen molar-refractivity contribution in [3.8, 4) is 0 Å². The van der Waals surface area contributed by atoms with Crippen LogP contribution in [-0.2, 0) is 4.74 Å². The fraction of sp³-hybridized carbons (Fsp3) is 0.444. The highest BCUT2D eigenvalue weighted by atomic mass is 16.5. The summed E-state index contributed by atoms with van der Waals surface area (Å²) in [5.41, 5.74) is 1.39. The summed E-state index contributed by atoms with van der Waals surface area (Å²) in [6, 6.07) is 15.6. The number of likely N-dealkylation sites (N-methyl/N-ethyl adjacent to an activating group) is 1. The number of ether oxygens (including phenoxy) is 1. The molecule has 1 unspecified atom stereocenters. The fourth-order valence-corrected chi connectivity index (χ4v) is 3.14. The zero-order valence-corrected chi connectivity index (χ0v) is 12.7. The molecule has 0 spiro atoms. The number of fused-ring (bicyclic) bond motifs is 1. The number of benzene rings is 2. The molecular weight excluding hydrogens is 260 g/mol. The van der Waals surface area contributed by atoms with Gasteiger partial charge in [0.05, 0.1) is 6.61 Å². The van der Waals surface area contributed by atoms with Gasteiger partial charge in [-0.25, -0.2) is 0 Å². The molecule has 1 aliphatic heterocycles. The van der Waals surface area contributed by atoms with E-state index in [4.69, 9.17) is 4.74 Å². The van der Waals surface area contributed by atoms with E-state index in [1.165, 1.54) is 16.3 Å². The van der Waals surface area contributed by atoms with Crippen molar-refractivity contribution in [1.29, 1.82) is 0 Å². The third-order valence-corrected chi connectivity index (χ3v) is 4.30. The minimum Gasteiger partial charge on any atom is -0.380 e. The molecule has 3 nitrogen and oxygen atoms in total. The van der Waals surface area contributed by atoms with E-state index < -0.39 is 0 Å². The maximum Gasteiger partial charge on any atom is 0.0593 e. The predicted octanol–water partition coefficient (Wildman–Crippen LogP) is 2.82. The minimum absolute atomic E-state index is 0.356. The zero-order valence-electron chi connectivity index (χ0n) is 12.7. The minimum atomic E-state index is 0.356. The molecule has 0 aliphatic carbocycles. The Morgan fingerprint density at radius 1 is 1.10 bits per heavy atom. The van der Waals surface area contributed by atoms with Crippen molar-refractivity contribution in [2.75, 3.05) is 39.9 Å². The van der Waals surface area contributed by atoms with Crippen LogP contribution in [0.3, 0.4) is 0 Å². The molecule has 0 saturated carbocycles. The monoisotopic (exact) mass is 284 g/mol. The van der Waals surface area contributed by atoms with Crippen LogP contribution in [0, 0.1) is 0 Å². The predicted molar refractivity (Wildman–Crippen MR) is 87.6 cm³/mol. The van der Waals surface area contributed by atoms with E-state index in [1.54, 1.807) is 0 Å². The van der Waals surface area contributed by atoms with Crippen molar-refractivity contribution in [3.05, 3.63) is 48.0 Å². The van der Waals surface area contributed by atoms with Gasteiger partial charge in [0.25, 0.3) is 0 Å². The van der Waals surface area contributed by atoms with E-state index in [-0.39, 0.29) is 0 Å². The molecule has 1 saturated heterocycles. The van der Waals surface area contributed by atoms with Gasteiger partial charge < -0.3 is 10.1 Å². The number of hydrogen-bond acceptors (Lipinski definition) is 3. The Hall–Kier alpha value is -1.42. The molecule has 112 valence electrons. The first-order chi connectivity index (χ1) is 10.4. The van der Waals surface area contributed by atoms with Crippen LogP contribution >= 0.6 is 0 Å². The van der Waals surface area contributed by atoms with Crippen molar-refractivity contribution in [1.82, 2.24) is 10.2 Å². The summed E-state index contributed by atoms with van der Waals surface area (Å²) in [5.74, 6) is 0. The molecule has 2 aromatic carbocycles. The summed E-state index contributed by atoms with van der Waals surface area (Å²) in [4.78, 5) is 2.51. The van der Waals surface area contributed by atoms with Crippen LogP contribution in [0.2, 0.25) is 0 Å². The molecule has 1 fully saturated rings. The van der Waals surface area contributed by atoms with E-state index in [9.17, 15) is 0 Å². The first kappa shape index (κ1) is 14.5. The smallest absolute Gasteiger partial charge is 0.0593 e. The standard InChI is InChI=1S/C18H24N2O/c1-19-18(14-20-10-5-12-21-13-11-20)17-9-4-7-15-6-2-3-8-16(15)17/h2-4,6-9,18-19H,5,10-14H2,1H3. The van der Waals surface area contributed by atoms with Gasteiger partial charge in [0.15, 0.2) is 0 Å². The van der Waals surface area contributed by atoms with Crippen LogP contribution < -0.4 is 5.32 Å². The molecule has 1 aliphatic rings. The lowest BCUT2D eigenvalue weighted by Crippen LogP contribution is -2.35. The maximum atomic E-state index is 5.55. The van der Waals surface area contributed by atoms with Gasteiger partial charge in [-0.3, -0.25) is 4.90 Å². The summed E-state index contributed by atoms with van der Waals surface area (Å²) in [5, 5.41) is 6.16. The normalized spacial score (nSPS) is 18.5. The Morgan fingerprint density at radius 3 is 2.86 bits per heavy atom. The Bertz CT molecular complexity index is 571. The maximum absolute atomic E-state index is 5.55. The molecule has 1 heterocycles. The Labute approximate surface area is 126 Å². The largest absolute Gasteiger partial charge is 0.380 e. The molecule has 1 atom stereocenters. The van der Waals surface area contributed by atoms with Crippen molar-refractivity contribution >= 4 is 10.8 Å². The van der Waals surface area contributed by atoms with Crippen molar-refractivity contribution in [2.45, 2.75) is 12.5 Å². The average molecular weight is 284 g/mol. The highest BCUT2D eigenvalue weighted by molar-refractivity contribution is 5.86. The van der Waals surface area contributed by atoms with Crippen molar-refractivity contribution in [3.63, 3.8) is 0 Å². The van der Waals surface area contributed by atoms with Crippen LogP contribution in [0.15, 0.2) is 42.5 Å². The molecule has 3 rings (SSSR count). The van der Waals surface area contributed by atoms with Gasteiger partial charge in [0, 0.05) is 32.3 Å². The highest BCUT2D eigenvalue weighted by Crippen LogP contribution is 2.25. The van der Waals surface area contributed by atoms with E-state index in [0.29, 0.717) is 6.04 Å². The molecule has 0 bridgehead atoms. The van der Waals surface area contributed by atoms with Gasteiger partial charge >= 0.3 is 0 Å². The van der Waals surface area contributed by atoms with E-state index >= 15 is 0 Å². The van der Waals surface area contributed by atoms with E-state index in [2.05, 4.69) is 59.7 Å². The van der Waals surface area contributed by atoms with Gasteiger partial charge in [0.2, 0.25) is 0 Å². The number of nitrogens with zero attached hydrogens (tertiary/aromatic N) is 1. The van der Waals surface area contributed by atoms with Crippen LogP contribution in [-0.4, -0.2) is 44.8 Å². The molecule has 2 aromatic rings. The van der Waals surface area contributed by atoms with Crippen LogP contribution in [0.5, 0.6) is 0 Å². The number of rotatable bonds is 4. The van der Waals surface area contributed by atoms with E-state index in [0.717, 1.165) is 39.3 Å². The van der Waals surface area contributed by atoms with Crippen LogP contribution in [0.4, 0.5) is 0 Å². The quantitative estimate of drug-likeness (QED) is 0.934. The number of nitrogens with one attached hydrogen (secondary N) is 1. The van der Waals surface area contributed by atoms with Gasteiger partial charge in [0.1, 0.15) is 0 Å². The topological polar surface area (TPSA) is 24.5 Å². The van der Waals surface area contributed by atoms with Gasteiger partial charge in [-0.15, -0.1) is 0 Å². The zero-order chi connectivity index (χ0) is 14.5. The Kier molecular flexibility index (Phi) is 4.86. The average Bonchev–Trinajstić information content (AvgIpc) is 2.81. The van der Waals surface area contributed by atoms with Crippen molar-refractivity contribution in [2.24, 2.45) is 0 Å². The third kappa shape index (κ3) is 3.43. The van der Waals surface area contributed by atoms with Crippen LogP contribution in [0.25, 0.3) is 10.8 Å². The summed E-state index contributed by atoms with van der Waals surface area (Å²) in [6.07, 6.45) is 1.13.